The molecule has 0 aromatic rings. The highest BCUT2D eigenvalue weighted by atomic mass is 16.3. The van der Waals surface area contributed by atoms with Gasteiger partial charge in [-0.05, 0) is 69.4 Å². The van der Waals surface area contributed by atoms with E-state index < -0.39 is 5.60 Å². The quantitative estimate of drug-likeness (QED) is 0.733. The third-order valence-electron chi connectivity index (χ3n) is 5.90. The Morgan fingerprint density at radius 3 is 2.55 bits per heavy atom. The summed E-state index contributed by atoms with van der Waals surface area (Å²) < 4.78 is 0. The first-order chi connectivity index (χ1) is 9.53. The van der Waals surface area contributed by atoms with Crippen molar-refractivity contribution in [1.82, 2.24) is 10.6 Å². The summed E-state index contributed by atoms with van der Waals surface area (Å²) in [6, 6.07) is 0. The number of nitrogens with one attached hydrogen (secondary N) is 2. The zero-order valence-electron chi connectivity index (χ0n) is 12.6. The van der Waals surface area contributed by atoms with Gasteiger partial charge >= 0.3 is 0 Å². The van der Waals surface area contributed by atoms with Crippen molar-refractivity contribution in [2.24, 2.45) is 17.3 Å². The fourth-order valence-corrected chi connectivity index (χ4v) is 4.05. The van der Waals surface area contributed by atoms with E-state index in [1.54, 1.807) is 0 Å². The smallest absolute Gasteiger partial charge is 0.223 e. The summed E-state index contributed by atoms with van der Waals surface area (Å²) in [7, 11) is 0. The van der Waals surface area contributed by atoms with Crippen LogP contribution in [0.15, 0.2) is 0 Å². The predicted octanol–water partition coefficient (Wildman–Crippen LogP) is 1.43. The monoisotopic (exact) mass is 280 g/mol. The van der Waals surface area contributed by atoms with Crippen LogP contribution >= 0.6 is 0 Å². The van der Waals surface area contributed by atoms with E-state index in [4.69, 9.17) is 0 Å². The summed E-state index contributed by atoms with van der Waals surface area (Å²) in [5.74, 6) is 1.10. The van der Waals surface area contributed by atoms with Gasteiger partial charge in [0, 0.05) is 12.5 Å². The summed E-state index contributed by atoms with van der Waals surface area (Å²) >= 11 is 0. The molecular weight excluding hydrogens is 252 g/mol. The minimum absolute atomic E-state index is 0.180. The Bertz CT molecular complexity index is 369. The Morgan fingerprint density at radius 1 is 1.25 bits per heavy atom. The molecule has 114 valence electrons. The summed E-state index contributed by atoms with van der Waals surface area (Å²) in [4.78, 5) is 12.3. The second kappa shape index (κ2) is 5.30. The fraction of sp³-hybridized carbons (Fsp3) is 0.938. The second-order valence-corrected chi connectivity index (χ2v) is 7.49. The maximum Gasteiger partial charge on any atom is 0.223 e. The van der Waals surface area contributed by atoms with Crippen LogP contribution in [0.3, 0.4) is 0 Å². The molecule has 4 heteroatoms. The summed E-state index contributed by atoms with van der Waals surface area (Å²) in [5.41, 5.74) is -0.364. The molecule has 3 aliphatic rings. The molecule has 4 nitrogen and oxygen atoms in total. The van der Waals surface area contributed by atoms with E-state index in [9.17, 15) is 9.90 Å². The van der Waals surface area contributed by atoms with Gasteiger partial charge in [-0.25, -0.2) is 0 Å². The molecule has 1 atom stereocenters. The number of piperidine rings is 1. The lowest BCUT2D eigenvalue weighted by molar-refractivity contribution is -0.125. The maximum atomic E-state index is 12.3. The van der Waals surface area contributed by atoms with E-state index in [0.29, 0.717) is 17.9 Å². The first-order valence-electron chi connectivity index (χ1n) is 8.24. The highest BCUT2D eigenvalue weighted by Gasteiger charge is 2.57. The summed E-state index contributed by atoms with van der Waals surface area (Å²) in [6.45, 7) is 4.78. The Hall–Kier alpha value is -0.610. The number of hydrogen-bond acceptors (Lipinski definition) is 3. The molecule has 0 radical (unpaired) electrons. The van der Waals surface area contributed by atoms with Gasteiger partial charge in [-0.1, -0.05) is 6.92 Å². The molecule has 20 heavy (non-hydrogen) atoms. The number of carbonyl (C=O) groups is 1. The van der Waals surface area contributed by atoms with E-state index in [1.165, 1.54) is 0 Å². The molecule has 2 saturated carbocycles. The van der Waals surface area contributed by atoms with E-state index in [1.807, 2.05) is 0 Å². The molecule has 1 aliphatic heterocycles. The number of aliphatic hydroxyl groups is 1. The molecule has 3 N–H and O–H groups in total. The first kappa shape index (κ1) is 14.3. The van der Waals surface area contributed by atoms with Gasteiger partial charge < -0.3 is 15.7 Å². The van der Waals surface area contributed by atoms with Gasteiger partial charge in [0.15, 0.2) is 0 Å². The number of carbonyl (C=O) groups excluding carboxylic acids is 1. The van der Waals surface area contributed by atoms with Crippen LogP contribution in [0.2, 0.25) is 0 Å². The molecule has 1 heterocycles. The Kier molecular flexibility index (Phi) is 3.80. The Morgan fingerprint density at radius 2 is 1.90 bits per heavy atom. The summed E-state index contributed by atoms with van der Waals surface area (Å²) in [5, 5.41) is 16.9. The largest absolute Gasteiger partial charge is 0.388 e. The maximum absolute atomic E-state index is 12.3. The average Bonchev–Trinajstić information content (AvgIpc) is 3.14. The van der Waals surface area contributed by atoms with Crippen LogP contribution in [0.4, 0.5) is 0 Å². The van der Waals surface area contributed by atoms with E-state index in [2.05, 4.69) is 17.6 Å². The molecule has 0 aromatic carbocycles. The molecule has 3 fully saturated rings. The standard InChI is InChI=1S/C16H28N2O2/c1-12-2-4-16(20,5-3-12)11-18-14(19)13-10-15(13)6-8-17-9-7-15/h12-13,17,20H,2-11H2,1H3,(H,18,19). The van der Waals surface area contributed by atoms with Crippen molar-refractivity contribution in [3.8, 4) is 0 Å². The van der Waals surface area contributed by atoms with E-state index >= 15 is 0 Å². The molecule has 1 unspecified atom stereocenters. The van der Waals surface area contributed by atoms with Gasteiger partial charge in [0.05, 0.1) is 5.60 Å². The van der Waals surface area contributed by atoms with Gasteiger partial charge in [-0.2, -0.15) is 0 Å². The third kappa shape index (κ3) is 2.86. The lowest BCUT2D eigenvalue weighted by atomic mass is 9.79. The van der Waals surface area contributed by atoms with Gasteiger partial charge in [0.1, 0.15) is 0 Å². The zero-order chi connectivity index (χ0) is 14.2. The van der Waals surface area contributed by atoms with Crippen molar-refractivity contribution in [3.05, 3.63) is 0 Å². The fourth-order valence-electron chi connectivity index (χ4n) is 4.05. The van der Waals surface area contributed by atoms with Gasteiger partial charge in [-0.15, -0.1) is 0 Å². The molecular formula is C16H28N2O2. The van der Waals surface area contributed by atoms with Crippen LogP contribution in [-0.2, 0) is 4.79 Å². The molecule has 1 spiro atoms. The molecule has 3 rings (SSSR count). The zero-order valence-corrected chi connectivity index (χ0v) is 12.6. The predicted molar refractivity (Wildman–Crippen MR) is 78.2 cm³/mol. The van der Waals surface area contributed by atoms with Gasteiger partial charge in [-0.3, -0.25) is 4.79 Å². The summed E-state index contributed by atoms with van der Waals surface area (Å²) in [6.07, 6.45) is 7.12. The van der Waals surface area contributed by atoms with Crippen LogP contribution in [-0.4, -0.2) is 36.2 Å². The molecule has 0 bridgehead atoms. The van der Waals surface area contributed by atoms with Crippen molar-refractivity contribution < 1.29 is 9.90 Å². The molecule has 1 amide bonds. The number of rotatable bonds is 3. The van der Waals surface area contributed by atoms with Crippen molar-refractivity contribution >= 4 is 5.91 Å². The van der Waals surface area contributed by atoms with E-state index in [0.717, 1.165) is 58.0 Å². The van der Waals surface area contributed by atoms with Gasteiger partial charge in [0.2, 0.25) is 5.91 Å². The third-order valence-corrected chi connectivity index (χ3v) is 5.90. The van der Waals surface area contributed by atoms with Crippen LogP contribution in [0.25, 0.3) is 0 Å². The van der Waals surface area contributed by atoms with Crippen LogP contribution in [0.1, 0.15) is 51.9 Å². The normalized spacial score (nSPS) is 39.5. The lowest BCUT2D eigenvalue weighted by Crippen LogP contribution is -2.46. The van der Waals surface area contributed by atoms with Crippen molar-refractivity contribution in [2.75, 3.05) is 19.6 Å². The first-order valence-corrected chi connectivity index (χ1v) is 8.24. The van der Waals surface area contributed by atoms with Crippen LogP contribution < -0.4 is 10.6 Å². The number of amides is 1. The van der Waals surface area contributed by atoms with Crippen molar-refractivity contribution in [1.29, 1.82) is 0 Å². The second-order valence-electron chi connectivity index (χ2n) is 7.49. The van der Waals surface area contributed by atoms with Crippen LogP contribution in [0.5, 0.6) is 0 Å². The number of hydrogen-bond donors (Lipinski definition) is 3. The Balaban J connectivity index is 1.46. The topological polar surface area (TPSA) is 61.4 Å². The average molecular weight is 280 g/mol. The minimum Gasteiger partial charge on any atom is -0.388 e. The lowest BCUT2D eigenvalue weighted by Gasteiger charge is -2.35. The SMILES string of the molecule is CC1CCC(O)(CNC(=O)C2CC23CCNCC3)CC1. The molecule has 2 aliphatic carbocycles. The molecule has 0 aromatic heterocycles. The Labute approximate surface area is 121 Å². The van der Waals surface area contributed by atoms with E-state index in [-0.39, 0.29) is 11.8 Å². The van der Waals surface area contributed by atoms with Crippen molar-refractivity contribution in [3.63, 3.8) is 0 Å². The van der Waals surface area contributed by atoms with Gasteiger partial charge in [0.25, 0.3) is 0 Å². The minimum atomic E-state index is -0.654. The van der Waals surface area contributed by atoms with Crippen LogP contribution in [0, 0.1) is 17.3 Å². The highest BCUT2D eigenvalue weighted by molar-refractivity contribution is 5.82. The molecule has 1 saturated heterocycles. The highest BCUT2D eigenvalue weighted by Crippen LogP contribution is 2.58. The van der Waals surface area contributed by atoms with Crippen molar-refractivity contribution in [2.45, 2.75) is 57.5 Å².